The van der Waals surface area contributed by atoms with Crippen LogP contribution in [0.5, 0.6) is 0 Å². The molecular weight excluding hydrogens is 519 g/mol. The molecule has 5 aliphatic rings. The Morgan fingerprint density at radius 1 is 1.31 bits per heavy atom. The van der Waals surface area contributed by atoms with Crippen molar-refractivity contribution >= 4 is 28.5 Å². The Labute approximate surface area is 204 Å². The lowest BCUT2D eigenvalue weighted by atomic mass is 9.45. The topological polar surface area (TPSA) is 82.0 Å². The number of nitrogens with one attached hydrogen (secondary N) is 1. The summed E-state index contributed by atoms with van der Waals surface area (Å²) in [5.74, 6) is 1.63. The summed E-state index contributed by atoms with van der Waals surface area (Å²) >= 11 is 2.28. The van der Waals surface area contributed by atoms with Crippen LogP contribution in [0.25, 0.3) is 0 Å². The van der Waals surface area contributed by atoms with Gasteiger partial charge in [-0.2, -0.15) is 5.06 Å². The highest BCUT2D eigenvalue weighted by Gasteiger charge is 2.78. The summed E-state index contributed by atoms with van der Waals surface area (Å²) in [5.41, 5.74) is -0.423. The van der Waals surface area contributed by atoms with Gasteiger partial charge in [-0.15, -0.1) is 0 Å². The average Bonchev–Trinajstić information content (AvgIpc) is 3.13. The summed E-state index contributed by atoms with van der Waals surface area (Å²) in [6.45, 7) is 8.95. The third-order valence-corrected chi connectivity index (χ3v) is 10.1. The number of hydroxylamine groups is 2. The van der Waals surface area contributed by atoms with Gasteiger partial charge in [0.25, 0.3) is 0 Å². The molecule has 1 aromatic carbocycles. The number of nitrogens with zero attached hydrogens (tertiary/aromatic N) is 1. The maximum atomic E-state index is 13.8. The molecule has 5 fully saturated rings. The predicted molar refractivity (Wildman–Crippen MR) is 129 cm³/mol. The van der Waals surface area contributed by atoms with Crippen LogP contribution in [-0.2, 0) is 16.2 Å². The Hall–Kier alpha value is -0.740. The first kappa shape index (κ1) is 23.0. The fraction of sp³-hybridized carbons (Fsp3) is 0.720. The number of carbonyl (C=O) groups excluding carboxylic acids is 1. The van der Waals surface area contributed by atoms with Crippen molar-refractivity contribution in [3.63, 3.8) is 0 Å². The number of amides is 1. The van der Waals surface area contributed by atoms with E-state index in [4.69, 9.17) is 4.84 Å². The SMILES string of the molecule is CC1[C@@H](NC(=O)[C@H]2N(Cc3cccc(I)c3)OC(CO)C23CC3(C)O)C[C@H]2C[C@@H]1C2(C)C. The highest BCUT2D eigenvalue weighted by Crippen LogP contribution is 2.66. The van der Waals surface area contributed by atoms with E-state index in [0.29, 0.717) is 36.1 Å². The number of hydrogen-bond acceptors (Lipinski definition) is 5. The van der Waals surface area contributed by atoms with Crippen LogP contribution in [0.3, 0.4) is 0 Å². The molecule has 0 radical (unpaired) electrons. The second-order valence-corrected chi connectivity index (χ2v) is 12.7. The van der Waals surface area contributed by atoms with Crippen molar-refractivity contribution in [1.29, 1.82) is 0 Å². The number of aliphatic hydroxyl groups is 2. The van der Waals surface area contributed by atoms with Crippen molar-refractivity contribution in [3.05, 3.63) is 33.4 Å². The van der Waals surface area contributed by atoms with E-state index in [1.807, 2.05) is 18.2 Å². The molecule has 6 rings (SSSR count). The molecule has 2 bridgehead atoms. The Balaban J connectivity index is 1.40. The molecule has 176 valence electrons. The summed E-state index contributed by atoms with van der Waals surface area (Å²) < 4.78 is 1.12. The molecule has 1 amide bonds. The zero-order valence-corrected chi connectivity index (χ0v) is 21.5. The highest BCUT2D eigenvalue weighted by molar-refractivity contribution is 14.1. The zero-order chi connectivity index (χ0) is 23.1. The standard InChI is InChI=1S/C25H35IN2O4/c1-14-18-9-16(23(18,2)3)10-19(14)27-22(30)21-25(13-24(25,4)31)20(12-29)32-28(21)11-15-6-5-7-17(26)8-15/h5-8,14,16,18-21,29,31H,9-13H2,1-4H3,(H,27,30)/t14?,16-,18+,19+,20?,21-,24?,25?/m1/s1. The third kappa shape index (κ3) is 3.29. The van der Waals surface area contributed by atoms with Crippen molar-refractivity contribution in [2.75, 3.05) is 6.61 Å². The summed E-state index contributed by atoms with van der Waals surface area (Å²) in [4.78, 5) is 19.9. The van der Waals surface area contributed by atoms with Gasteiger partial charge in [0.05, 0.1) is 24.2 Å². The monoisotopic (exact) mass is 554 g/mol. The van der Waals surface area contributed by atoms with Crippen molar-refractivity contribution in [2.24, 2.45) is 28.6 Å². The lowest BCUT2D eigenvalue weighted by molar-refractivity contribution is -0.183. The number of hydrogen-bond donors (Lipinski definition) is 3. The van der Waals surface area contributed by atoms with E-state index >= 15 is 0 Å². The van der Waals surface area contributed by atoms with Crippen molar-refractivity contribution < 1.29 is 19.8 Å². The normalized spacial score (nSPS) is 44.3. The van der Waals surface area contributed by atoms with E-state index in [2.05, 4.69) is 54.7 Å². The van der Waals surface area contributed by atoms with Crippen LogP contribution in [0.15, 0.2) is 24.3 Å². The second-order valence-electron chi connectivity index (χ2n) is 11.4. The molecule has 4 aliphatic carbocycles. The molecule has 1 saturated heterocycles. The maximum Gasteiger partial charge on any atom is 0.240 e. The van der Waals surface area contributed by atoms with Crippen LogP contribution in [-0.4, -0.2) is 51.6 Å². The summed E-state index contributed by atoms with van der Waals surface area (Å²) in [6.07, 6.45) is 2.13. The molecular formula is C25H35IN2O4. The van der Waals surface area contributed by atoms with Crippen molar-refractivity contribution in [2.45, 2.75) is 77.3 Å². The van der Waals surface area contributed by atoms with Crippen molar-refractivity contribution in [3.8, 4) is 0 Å². The van der Waals surface area contributed by atoms with Crippen LogP contribution >= 0.6 is 22.6 Å². The quantitative estimate of drug-likeness (QED) is 0.488. The van der Waals surface area contributed by atoms with Gasteiger partial charge in [-0.05, 0) is 89.6 Å². The molecule has 1 aliphatic heterocycles. The summed E-state index contributed by atoms with van der Waals surface area (Å²) in [5, 5.41) is 26.1. The number of benzene rings is 1. The van der Waals surface area contributed by atoms with Crippen LogP contribution in [0, 0.1) is 32.2 Å². The molecule has 4 saturated carbocycles. The molecule has 0 aromatic heterocycles. The van der Waals surface area contributed by atoms with E-state index in [1.165, 1.54) is 6.42 Å². The molecule has 6 nitrogen and oxygen atoms in total. The number of carbonyl (C=O) groups is 1. The number of aliphatic hydroxyl groups excluding tert-OH is 1. The van der Waals surface area contributed by atoms with E-state index in [-0.39, 0.29) is 18.6 Å². The highest BCUT2D eigenvalue weighted by atomic mass is 127. The van der Waals surface area contributed by atoms with E-state index in [9.17, 15) is 15.0 Å². The molecule has 8 atom stereocenters. The second kappa shape index (κ2) is 7.63. The van der Waals surface area contributed by atoms with Gasteiger partial charge in [-0.1, -0.05) is 32.9 Å². The van der Waals surface area contributed by atoms with Crippen LogP contribution in [0.4, 0.5) is 0 Å². The first-order valence-corrected chi connectivity index (χ1v) is 12.9. The van der Waals surface area contributed by atoms with Gasteiger partial charge in [0.1, 0.15) is 12.1 Å². The minimum atomic E-state index is -1.04. The van der Waals surface area contributed by atoms with Gasteiger partial charge in [-0.25, -0.2) is 0 Å². The smallest absolute Gasteiger partial charge is 0.240 e. The van der Waals surface area contributed by atoms with Crippen LogP contribution in [0.2, 0.25) is 0 Å². The first-order chi connectivity index (χ1) is 15.0. The Morgan fingerprint density at radius 3 is 2.59 bits per heavy atom. The van der Waals surface area contributed by atoms with Gasteiger partial charge < -0.3 is 15.5 Å². The molecule has 3 N–H and O–H groups in total. The number of halogens is 1. The maximum absolute atomic E-state index is 13.8. The average molecular weight is 554 g/mol. The van der Waals surface area contributed by atoms with Crippen molar-refractivity contribution in [1.82, 2.24) is 10.4 Å². The summed E-state index contributed by atoms with van der Waals surface area (Å²) in [7, 11) is 0. The predicted octanol–water partition coefficient (Wildman–Crippen LogP) is 3.10. The van der Waals surface area contributed by atoms with Gasteiger partial charge in [0, 0.05) is 9.61 Å². The first-order valence-electron chi connectivity index (χ1n) is 11.8. The number of rotatable bonds is 5. The molecule has 4 unspecified atom stereocenters. The van der Waals surface area contributed by atoms with Gasteiger partial charge in [0.2, 0.25) is 5.91 Å². The van der Waals surface area contributed by atoms with Gasteiger partial charge in [-0.3, -0.25) is 9.63 Å². The molecule has 1 heterocycles. The minimum Gasteiger partial charge on any atom is -0.394 e. The fourth-order valence-electron chi connectivity index (χ4n) is 7.24. The van der Waals surface area contributed by atoms with Gasteiger partial charge >= 0.3 is 0 Å². The van der Waals surface area contributed by atoms with E-state index < -0.39 is 23.2 Å². The Bertz CT molecular complexity index is 921. The Kier molecular flexibility index (Phi) is 5.49. The molecule has 1 aromatic rings. The van der Waals surface area contributed by atoms with E-state index in [1.54, 1.807) is 12.0 Å². The lowest BCUT2D eigenvalue weighted by Crippen LogP contribution is -2.62. The number of fused-ring (bicyclic) bond motifs is 2. The zero-order valence-electron chi connectivity index (χ0n) is 19.3. The molecule has 32 heavy (non-hydrogen) atoms. The molecule has 1 spiro atoms. The van der Waals surface area contributed by atoms with Gasteiger partial charge in [0.15, 0.2) is 0 Å². The Morgan fingerprint density at radius 2 is 2.03 bits per heavy atom. The third-order valence-electron chi connectivity index (χ3n) is 9.45. The molecule has 7 heteroatoms. The lowest BCUT2D eigenvalue weighted by Gasteiger charge is -2.62. The fourth-order valence-corrected chi connectivity index (χ4v) is 7.84. The summed E-state index contributed by atoms with van der Waals surface area (Å²) in [6, 6.07) is 7.62. The van der Waals surface area contributed by atoms with Crippen LogP contribution < -0.4 is 5.32 Å². The minimum absolute atomic E-state index is 0.0830. The largest absolute Gasteiger partial charge is 0.394 e. The van der Waals surface area contributed by atoms with E-state index in [0.717, 1.165) is 15.6 Å². The van der Waals surface area contributed by atoms with Crippen LogP contribution in [0.1, 0.15) is 52.5 Å².